The number of aryl methyl sites for hydroxylation is 1. The van der Waals surface area contributed by atoms with E-state index in [9.17, 15) is 0 Å². The summed E-state index contributed by atoms with van der Waals surface area (Å²) in [7, 11) is -1.35. The Balaban J connectivity index is 0.000000196. The minimum atomic E-state index is -1.35. The summed E-state index contributed by atoms with van der Waals surface area (Å²) in [5.74, 6) is 1.68. The van der Waals surface area contributed by atoms with Crippen LogP contribution in [0.4, 0.5) is 0 Å². The van der Waals surface area contributed by atoms with Crippen LogP contribution in [0.25, 0.3) is 72.6 Å². The summed E-state index contributed by atoms with van der Waals surface area (Å²) in [6.45, 7) is 16.0. The largest absolute Gasteiger partial charge is 0.486 e. The van der Waals surface area contributed by atoms with Gasteiger partial charge in [0.05, 0.1) is 30.5 Å². The Morgan fingerprint density at radius 3 is 2.26 bits per heavy atom. The molecule has 9 aromatic rings. The molecule has 4 aromatic heterocycles. The van der Waals surface area contributed by atoms with Crippen molar-refractivity contribution in [3.8, 4) is 39.5 Å². The number of furan rings is 1. The maximum atomic E-state index is 6.38. The first-order valence-corrected chi connectivity index (χ1v) is 25.3. The van der Waals surface area contributed by atoms with E-state index in [4.69, 9.17) is 14.4 Å². The standard InChI is InChI=1S/C35H28N3O.C20H26NSi.Ir/c1-22-17-19-26-25-13-10-14-27(32(25)39-34(26)36-22)33-37-29-15-8-9-16-31(29)38(33)30-20-18-24(21-28(30)35(2,3)4)23-11-6-5-7-12-23;1-22(2,3)20-15-21-19(17-11-5-4-6-12-17)14-18(20)13-16-9-7-8-10-16;/h5-13,15-21H,1-4H3;4-6,11,14-16H,7-10,13H2,1-3H3;/q2*-1;. The van der Waals surface area contributed by atoms with Crippen molar-refractivity contribution in [3.05, 3.63) is 163 Å². The Bertz CT molecular complexity index is 2990. The molecule has 0 spiro atoms. The summed E-state index contributed by atoms with van der Waals surface area (Å²) >= 11 is 0. The average molecular weight is 1010 g/mol. The fourth-order valence-electron chi connectivity index (χ4n) is 9.03. The molecule has 0 bridgehead atoms. The molecule has 7 heteroatoms. The van der Waals surface area contributed by atoms with Crippen molar-refractivity contribution in [3.63, 3.8) is 0 Å². The van der Waals surface area contributed by atoms with Crippen molar-refractivity contribution in [2.75, 3.05) is 0 Å². The summed E-state index contributed by atoms with van der Waals surface area (Å²) in [5.41, 5.74) is 13.5. The first kappa shape index (κ1) is 43.2. The molecule has 4 heterocycles. The molecular weight excluding hydrogens is 953 g/mol. The zero-order chi connectivity index (χ0) is 42.3. The van der Waals surface area contributed by atoms with Crippen LogP contribution in [0.5, 0.6) is 0 Å². The number of aromatic nitrogens is 4. The number of nitrogens with zero attached hydrogens (tertiary/aromatic N) is 4. The van der Waals surface area contributed by atoms with Crippen LogP contribution in [0, 0.1) is 25.0 Å². The van der Waals surface area contributed by atoms with Gasteiger partial charge in [0.15, 0.2) is 0 Å². The summed E-state index contributed by atoms with van der Waals surface area (Å²) in [6, 6.07) is 51.0. The van der Waals surface area contributed by atoms with Gasteiger partial charge in [-0.3, -0.25) is 4.98 Å². The summed E-state index contributed by atoms with van der Waals surface area (Å²) < 4.78 is 8.65. The second kappa shape index (κ2) is 17.7. The van der Waals surface area contributed by atoms with E-state index in [2.05, 4.69) is 159 Å². The number of imidazole rings is 1. The van der Waals surface area contributed by atoms with Crippen LogP contribution in [0.2, 0.25) is 19.6 Å². The molecule has 1 radical (unpaired) electrons. The Hall–Kier alpha value is -5.46. The van der Waals surface area contributed by atoms with E-state index in [1.807, 2.05) is 43.3 Å². The summed E-state index contributed by atoms with van der Waals surface area (Å²) in [6.07, 6.45) is 9.03. The fourth-order valence-corrected chi connectivity index (χ4v) is 10.6. The number of rotatable bonds is 7. The van der Waals surface area contributed by atoms with Crippen LogP contribution in [0.1, 0.15) is 63.3 Å². The molecule has 62 heavy (non-hydrogen) atoms. The van der Waals surface area contributed by atoms with Crippen molar-refractivity contribution in [1.82, 2.24) is 19.5 Å². The molecule has 5 aromatic carbocycles. The number of benzene rings is 5. The van der Waals surface area contributed by atoms with Gasteiger partial charge in [-0.25, -0.2) is 4.98 Å². The summed E-state index contributed by atoms with van der Waals surface area (Å²) in [4.78, 5) is 14.6. The van der Waals surface area contributed by atoms with Crippen LogP contribution in [0.3, 0.4) is 0 Å². The molecule has 1 aliphatic carbocycles. The molecule has 315 valence electrons. The minimum absolute atomic E-state index is 0. The molecule has 10 rings (SSSR count). The number of hydrogen-bond acceptors (Lipinski definition) is 4. The van der Waals surface area contributed by atoms with Crippen molar-refractivity contribution < 1.29 is 24.5 Å². The van der Waals surface area contributed by atoms with Gasteiger partial charge in [0, 0.05) is 43.1 Å². The Morgan fingerprint density at radius 1 is 0.758 bits per heavy atom. The fraction of sp³-hybridized carbons (Fsp3) is 0.255. The molecule has 0 aliphatic heterocycles. The molecule has 1 saturated carbocycles. The second-order valence-electron chi connectivity index (χ2n) is 18.7. The minimum Gasteiger partial charge on any atom is -0.486 e. The van der Waals surface area contributed by atoms with E-state index in [1.165, 1.54) is 48.8 Å². The predicted octanol–water partition coefficient (Wildman–Crippen LogP) is 13.9. The maximum absolute atomic E-state index is 6.38. The molecule has 0 N–H and O–H groups in total. The van der Waals surface area contributed by atoms with Gasteiger partial charge in [0.1, 0.15) is 0 Å². The van der Waals surface area contributed by atoms with Gasteiger partial charge >= 0.3 is 0 Å². The van der Waals surface area contributed by atoms with E-state index < -0.39 is 8.07 Å². The third-order valence-electron chi connectivity index (χ3n) is 12.1. The first-order valence-electron chi connectivity index (χ1n) is 21.8. The molecule has 0 atom stereocenters. The number of para-hydroxylation sites is 2. The Morgan fingerprint density at radius 2 is 1.52 bits per heavy atom. The topological polar surface area (TPSA) is 56.7 Å². The normalized spacial score (nSPS) is 13.3. The first-order chi connectivity index (χ1) is 29.4. The average Bonchev–Trinajstić information content (AvgIpc) is 4.01. The van der Waals surface area contributed by atoms with Crippen molar-refractivity contribution in [1.29, 1.82) is 0 Å². The van der Waals surface area contributed by atoms with Gasteiger partial charge in [-0.1, -0.05) is 137 Å². The molecule has 5 nitrogen and oxygen atoms in total. The zero-order valence-electron chi connectivity index (χ0n) is 36.8. The molecule has 0 saturated heterocycles. The van der Waals surface area contributed by atoms with E-state index >= 15 is 0 Å². The Kier molecular flexibility index (Phi) is 12.3. The molecular formula is C55H54IrN4OSi-2. The van der Waals surface area contributed by atoms with Gasteiger partial charge in [-0.2, -0.15) is 0 Å². The van der Waals surface area contributed by atoms with E-state index in [1.54, 1.807) is 10.8 Å². The third-order valence-corrected chi connectivity index (χ3v) is 14.2. The number of hydrogen-bond donors (Lipinski definition) is 0. The maximum Gasteiger partial charge on any atom is 0.216 e. The van der Waals surface area contributed by atoms with Crippen LogP contribution in [-0.4, -0.2) is 27.6 Å². The second-order valence-corrected chi connectivity index (χ2v) is 23.8. The van der Waals surface area contributed by atoms with Crippen molar-refractivity contribution >= 4 is 46.4 Å². The van der Waals surface area contributed by atoms with Crippen LogP contribution < -0.4 is 5.19 Å². The molecule has 0 unspecified atom stereocenters. The van der Waals surface area contributed by atoms with Gasteiger partial charge in [0.25, 0.3) is 0 Å². The van der Waals surface area contributed by atoms with E-state index in [-0.39, 0.29) is 25.5 Å². The van der Waals surface area contributed by atoms with Crippen LogP contribution in [-0.2, 0) is 31.9 Å². The Labute approximate surface area is 381 Å². The van der Waals surface area contributed by atoms with Crippen molar-refractivity contribution in [2.45, 2.75) is 84.9 Å². The van der Waals surface area contributed by atoms with Crippen molar-refractivity contribution in [2.24, 2.45) is 5.92 Å². The number of fused-ring (bicyclic) bond motifs is 4. The smallest absolute Gasteiger partial charge is 0.216 e. The van der Waals surface area contributed by atoms with Crippen LogP contribution in [0.15, 0.2) is 138 Å². The third kappa shape index (κ3) is 8.77. The monoisotopic (exact) mass is 1010 g/mol. The van der Waals surface area contributed by atoms with Gasteiger partial charge < -0.3 is 14.0 Å². The van der Waals surface area contributed by atoms with E-state index in [0.717, 1.165) is 67.3 Å². The zero-order valence-corrected chi connectivity index (χ0v) is 40.2. The molecule has 0 amide bonds. The van der Waals surface area contributed by atoms with Gasteiger partial charge in [-0.05, 0) is 88.6 Å². The SMILES string of the molecule is C[Si](C)(C)c1cnc(-c2[c-]cccc2)cc1CC1CCCC1.Cc1ccc2c(n1)oc1c(-c3nc4ccccc4n3-c3ccc(-c4ccccc4)cc3C(C)(C)C)[c-]ccc12.[Ir]. The van der Waals surface area contributed by atoms with Gasteiger partial charge in [0.2, 0.25) is 5.71 Å². The summed E-state index contributed by atoms with van der Waals surface area (Å²) in [5, 5.41) is 3.55. The molecule has 1 aliphatic rings. The van der Waals surface area contributed by atoms with E-state index in [0.29, 0.717) is 5.71 Å². The molecule has 1 fully saturated rings. The van der Waals surface area contributed by atoms with Crippen LogP contribution >= 0.6 is 0 Å². The quantitative estimate of drug-likeness (QED) is 0.118. The predicted molar refractivity (Wildman–Crippen MR) is 256 cm³/mol. The number of pyridine rings is 2. The van der Waals surface area contributed by atoms with Gasteiger partial charge in [-0.15, -0.1) is 54.1 Å².